The van der Waals surface area contributed by atoms with Gasteiger partial charge in [0.1, 0.15) is 17.2 Å². The zero-order chi connectivity index (χ0) is 30.3. The molecule has 0 radical (unpaired) electrons. The van der Waals surface area contributed by atoms with Crippen LogP contribution in [0.3, 0.4) is 0 Å². The Morgan fingerprint density at radius 2 is 0.953 bits per heavy atom. The van der Waals surface area contributed by atoms with Crippen LogP contribution in [0.15, 0.2) is 66.7 Å². The molecule has 1 heterocycles. The highest BCUT2D eigenvalue weighted by atomic mass is 16.6. The molecule has 4 rings (SSSR count). The van der Waals surface area contributed by atoms with E-state index in [9.17, 15) is 4.79 Å². The third-order valence-electron chi connectivity index (χ3n) is 8.16. The largest absolute Gasteiger partial charge is 0.494 e. The molecule has 0 amide bonds. The molecule has 0 unspecified atom stereocenters. The van der Waals surface area contributed by atoms with E-state index in [0.717, 1.165) is 53.9 Å². The molecule has 232 valence electrons. The summed E-state index contributed by atoms with van der Waals surface area (Å²) in [6.45, 7) is 8.65. The SMILES string of the molecule is CCCCCCOc1ccc(C2(c3ccc(OCCCCCC)cc3)OC(=O)c3cc(OCCCCCC)ccc32)cc1. The monoisotopic (exact) mass is 586 g/mol. The van der Waals surface area contributed by atoms with Gasteiger partial charge in [-0.2, -0.15) is 0 Å². The summed E-state index contributed by atoms with van der Waals surface area (Å²) in [4.78, 5) is 13.5. The summed E-state index contributed by atoms with van der Waals surface area (Å²) in [6.07, 6.45) is 13.8. The Morgan fingerprint density at radius 1 is 0.535 bits per heavy atom. The lowest BCUT2D eigenvalue weighted by molar-refractivity contribution is 0.0251. The van der Waals surface area contributed by atoms with Crippen molar-refractivity contribution < 1.29 is 23.7 Å². The first-order valence-corrected chi connectivity index (χ1v) is 16.6. The minimum absolute atomic E-state index is 0.348. The summed E-state index contributed by atoms with van der Waals surface area (Å²) in [7, 11) is 0. The van der Waals surface area contributed by atoms with Crippen LogP contribution in [0.25, 0.3) is 0 Å². The number of ether oxygens (including phenoxy) is 4. The van der Waals surface area contributed by atoms with Crippen molar-refractivity contribution in [1.82, 2.24) is 0 Å². The zero-order valence-electron chi connectivity index (χ0n) is 26.5. The van der Waals surface area contributed by atoms with E-state index >= 15 is 0 Å². The molecule has 0 fully saturated rings. The molecule has 5 nitrogen and oxygen atoms in total. The van der Waals surface area contributed by atoms with E-state index in [1.807, 2.05) is 66.7 Å². The molecule has 0 spiro atoms. The maximum atomic E-state index is 13.5. The second-order valence-electron chi connectivity index (χ2n) is 11.6. The van der Waals surface area contributed by atoms with Crippen molar-refractivity contribution in [2.45, 2.75) is 103 Å². The van der Waals surface area contributed by atoms with Gasteiger partial charge in [0, 0.05) is 16.7 Å². The standard InChI is InChI=1S/C38H50O5/c1-4-7-10-13-26-40-32-20-16-30(17-21-32)38(31-18-22-33(23-19-31)41-27-14-11-8-5-2)36-25-24-34(29-35(36)37(39)43-38)42-28-15-12-9-6-3/h16-25,29H,4-15,26-28H2,1-3H3. The van der Waals surface area contributed by atoms with Crippen molar-refractivity contribution in [2.75, 3.05) is 19.8 Å². The van der Waals surface area contributed by atoms with Crippen LogP contribution in [-0.4, -0.2) is 25.8 Å². The third kappa shape index (κ3) is 8.55. The summed E-state index contributed by atoms with van der Waals surface area (Å²) >= 11 is 0. The molecule has 1 aliphatic heterocycles. The van der Waals surface area contributed by atoms with Gasteiger partial charge in [0.15, 0.2) is 5.60 Å². The number of esters is 1. The van der Waals surface area contributed by atoms with Gasteiger partial charge < -0.3 is 18.9 Å². The Balaban J connectivity index is 1.59. The lowest BCUT2D eigenvalue weighted by Crippen LogP contribution is -2.29. The molecule has 5 heteroatoms. The normalized spacial score (nSPS) is 13.4. The van der Waals surface area contributed by atoms with E-state index in [4.69, 9.17) is 18.9 Å². The summed E-state index contributed by atoms with van der Waals surface area (Å²) in [6, 6.07) is 21.7. The van der Waals surface area contributed by atoms with Crippen LogP contribution >= 0.6 is 0 Å². The van der Waals surface area contributed by atoms with Crippen LogP contribution in [0.1, 0.15) is 125 Å². The van der Waals surface area contributed by atoms with Gasteiger partial charge in [-0.25, -0.2) is 4.79 Å². The fourth-order valence-electron chi connectivity index (χ4n) is 5.66. The molecule has 0 aromatic heterocycles. The van der Waals surface area contributed by atoms with Gasteiger partial charge in [0.25, 0.3) is 0 Å². The molecule has 0 bridgehead atoms. The number of cyclic esters (lactones) is 1. The summed E-state index contributed by atoms with van der Waals surface area (Å²) < 4.78 is 24.4. The molecule has 1 aliphatic rings. The number of rotatable bonds is 20. The van der Waals surface area contributed by atoms with Crippen molar-refractivity contribution in [3.8, 4) is 17.2 Å². The van der Waals surface area contributed by atoms with Crippen LogP contribution in [0, 0.1) is 0 Å². The first kappa shape index (κ1) is 32.4. The fourth-order valence-corrected chi connectivity index (χ4v) is 5.66. The molecule has 0 atom stereocenters. The molecule has 0 saturated heterocycles. The number of hydrogen-bond acceptors (Lipinski definition) is 5. The Morgan fingerprint density at radius 3 is 1.40 bits per heavy atom. The topological polar surface area (TPSA) is 54.0 Å². The number of benzene rings is 3. The van der Waals surface area contributed by atoms with Crippen LogP contribution in [-0.2, 0) is 10.3 Å². The number of hydrogen-bond donors (Lipinski definition) is 0. The van der Waals surface area contributed by atoms with Gasteiger partial charge in [0.05, 0.1) is 25.4 Å². The highest BCUT2D eigenvalue weighted by Gasteiger charge is 2.48. The average Bonchev–Trinajstić information content (AvgIpc) is 3.33. The van der Waals surface area contributed by atoms with Crippen molar-refractivity contribution in [3.05, 3.63) is 89.0 Å². The molecule has 0 saturated carbocycles. The van der Waals surface area contributed by atoms with Gasteiger partial charge in [-0.1, -0.05) is 103 Å². The van der Waals surface area contributed by atoms with E-state index in [0.29, 0.717) is 31.1 Å². The molecular weight excluding hydrogens is 536 g/mol. The van der Waals surface area contributed by atoms with E-state index in [1.165, 1.54) is 51.4 Å². The number of carbonyl (C=O) groups is 1. The maximum absolute atomic E-state index is 13.5. The van der Waals surface area contributed by atoms with Crippen molar-refractivity contribution in [3.63, 3.8) is 0 Å². The second-order valence-corrected chi connectivity index (χ2v) is 11.6. The van der Waals surface area contributed by atoms with Gasteiger partial charge >= 0.3 is 5.97 Å². The predicted octanol–water partition coefficient (Wildman–Crippen LogP) is 10.0. The van der Waals surface area contributed by atoms with Gasteiger partial charge in [-0.3, -0.25) is 0 Å². The maximum Gasteiger partial charge on any atom is 0.340 e. The molecule has 43 heavy (non-hydrogen) atoms. The van der Waals surface area contributed by atoms with E-state index < -0.39 is 5.60 Å². The minimum atomic E-state index is -1.08. The number of unbranched alkanes of at least 4 members (excludes halogenated alkanes) is 9. The van der Waals surface area contributed by atoms with Crippen LogP contribution in [0.5, 0.6) is 17.2 Å². The second kappa shape index (κ2) is 17.0. The quantitative estimate of drug-likeness (QED) is 0.0974. The average molecular weight is 587 g/mol. The van der Waals surface area contributed by atoms with Gasteiger partial charge in [-0.05, 0) is 61.7 Å². The first-order valence-electron chi connectivity index (χ1n) is 16.6. The lowest BCUT2D eigenvalue weighted by atomic mass is 9.80. The van der Waals surface area contributed by atoms with Crippen molar-refractivity contribution >= 4 is 5.97 Å². The summed E-state index contributed by atoms with van der Waals surface area (Å²) in [5.74, 6) is 1.98. The molecule has 3 aromatic rings. The summed E-state index contributed by atoms with van der Waals surface area (Å²) in [5, 5.41) is 0. The first-order chi connectivity index (χ1) is 21.1. The molecule has 0 N–H and O–H groups in total. The van der Waals surface area contributed by atoms with Crippen LogP contribution in [0.4, 0.5) is 0 Å². The van der Waals surface area contributed by atoms with Gasteiger partial charge in [0.2, 0.25) is 0 Å². The Labute approximate surface area is 258 Å². The number of fused-ring (bicyclic) bond motifs is 1. The van der Waals surface area contributed by atoms with E-state index in [2.05, 4.69) is 20.8 Å². The summed E-state index contributed by atoms with van der Waals surface area (Å²) in [5.41, 5.74) is 2.03. The third-order valence-corrected chi connectivity index (χ3v) is 8.16. The smallest absolute Gasteiger partial charge is 0.340 e. The molecule has 0 aliphatic carbocycles. The highest BCUT2D eigenvalue weighted by Crippen LogP contribution is 2.48. The van der Waals surface area contributed by atoms with Crippen LogP contribution < -0.4 is 14.2 Å². The Kier molecular flexibility index (Phi) is 12.8. The lowest BCUT2D eigenvalue weighted by Gasteiger charge is -2.30. The number of carbonyl (C=O) groups excluding carboxylic acids is 1. The Hall–Kier alpha value is -3.47. The highest BCUT2D eigenvalue weighted by molar-refractivity contribution is 5.96. The van der Waals surface area contributed by atoms with Crippen LogP contribution in [0.2, 0.25) is 0 Å². The minimum Gasteiger partial charge on any atom is -0.494 e. The van der Waals surface area contributed by atoms with Crippen molar-refractivity contribution in [1.29, 1.82) is 0 Å². The molecular formula is C38H50O5. The van der Waals surface area contributed by atoms with Crippen molar-refractivity contribution in [2.24, 2.45) is 0 Å². The fraction of sp³-hybridized carbons (Fsp3) is 0.500. The van der Waals surface area contributed by atoms with Gasteiger partial charge in [-0.15, -0.1) is 0 Å². The van der Waals surface area contributed by atoms with E-state index in [1.54, 1.807) is 0 Å². The van der Waals surface area contributed by atoms with E-state index in [-0.39, 0.29) is 5.97 Å². The zero-order valence-corrected chi connectivity index (χ0v) is 26.5. The molecule has 3 aromatic carbocycles. The predicted molar refractivity (Wildman–Crippen MR) is 174 cm³/mol. The Bertz CT molecular complexity index is 1190.